The summed E-state index contributed by atoms with van der Waals surface area (Å²) in [7, 11) is 0. The van der Waals surface area contributed by atoms with Crippen molar-refractivity contribution in [1.82, 2.24) is 9.80 Å². The Balaban J connectivity index is 1.44. The number of rotatable bonds is 2. The molecule has 0 saturated carbocycles. The van der Waals surface area contributed by atoms with Gasteiger partial charge in [0.25, 0.3) is 11.8 Å². The molecule has 7 heteroatoms. The average molecular weight is 374 g/mol. The Morgan fingerprint density at radius 3 is 2.37 bits per heavy atom. The molecule has 146 valence electrons. The summed E-state index contributed by atoms with van der Waals surface area (Å²) in [5, 5.41) is 0. The summed E-state index contributed by atoms with van der Waals surface area (Å²) < 4.78 is 16.7. The molecule has 1 unspecified atom stereocenters. The van der Waals surface area contributed by atoms with Gasteiger partial charge in [-0.05, 0) is 43.9 Å². The molecule has 1 aromatic carbocycles. The highest BCUT2D eigenvalue weighted by Crippen LogP contribution is 2.33. The van der Waals surface area contributed by atoms with Crippen LogP contribution in [0.3, 0.4) is 0 Å². The van der Waals surface area contributed by atoms with E-state index in [0.717, 1.165) is 24.8 Å². The maximum atomic E-state index is 13.1. The van der Waals surface area contributed by atoms with E-state index in [9.17, 15) is 9.59 Å². The van der Waals surface area contributed by atoms with Crippen molar-refractivity contribution >= 4 is 11.8 Å². The van der Waals surface area contributed by atoms with E-state index in [4.69, 9.17) is 14.2 Å². The van der Waals surface area contributed by atoms with Gasteiger partial charge in [-0.3, -0.25) is 9.59 Å². The molecular weight excluding hydrogens is 348 g/mol. The van der Waals surface area contributed by atoms with Crippen molar-refractivity contribution in [1.29, 1.82) is 0 Å². The van der Waals surface area contributed by atoms with Crippen LogP contribution < -0.4 is 9.47 Å². The van der Waals surface area contributed by atoms with E-state index in [1.165, 1.54) is 0 Å². The Morgan fingerprint density at radius 1 is 0.926 bits per heavy atom. The summed E-state index contributed by atoms with van der Waals surface area (Å²) in [6.07, 6.45) is 2.22. The SMILES string of the molecule is Cc1cc2c(cc1C(=O)N1CCCN(C(=O)C3CCCO3)CC1)OCCO2. The Hall–Kier alpha value is -2.28. The lowest BCUT2D eigenvalue weighted by atomic mass is 10.1. The molecule has 2 fully saturated rings. The lowest BCUT2D eigenvalue weighted by molar-refractivity contribution is -0.140. The van der Waals surface area contributed by atoms with Crippen molar-refractivity contribution in [3.63, 3.8) is 0 Å². The first-order valence-corrected chi connectivity index (χ1v) is 9.73. The number of carbonyl (C=O) groups excluding carboxylic acids is 2. The maximum absolute atomic E-state index is 13.1. The fourth-order valence-corrected chi connectivity index (χ4v) is 3.91. The van der Waals surface area contributed by atoms with Crippen molar-refractivity contribution in [2.75, 3.05) is 46.0 Å². The summed E-state index contributed by atoms with van der Waals surface area (Å²) >= 11 is 0. The van der Waals surface area contributed by atoms with Gasteiger partial charge in [0.1, 0.15) is 19.3 Å². The molecule has 0 spiro atoms. The Morgan fingerprint density at radius 2 is 1.63 bits per heavy atom. The summed E-state index contributed by atoms with van der Waals surface area (Å²) in [6.45, 7) is 5.99. The molecule has 3 heterocycles. The van der Waals surface area contributed by atoms with Gasteiger partial charge < -0.3 is 24.0 Å². The van der Waals surface area contributed by atoms with Crippen LogP contribution in [0.25, 0.3) is 0 Å². The van der Waals surface area contributed by atoms with E-state index < -0.39 is 0 Å². The minimum atomic E-state index is -0.299. The normalized spacial score (nSPS) is 22.5. The first-order valence-electron chi connectivity index (χ1n) is 9.73. The van der Waals surface area contributed by atoms with Crippen LogP contribution in [-0.4, -0.2) is 73.7 Å². The highest BCUT2D eigenvalue weighted by molar-refractivity contribution is 5.96. The maximum Gasteiger partial charge on any atom is 0.254 e. The van der Waals surface area contributed by atoms with E-state index in [2.05, 4.69) is 0 Å². The minimum Gasteiger partial charge on any atom is -0.486 e. The van der Waals surface area contributed by atoms with Crippen molar-refractivity contribution in [2.45, 2.75) is 32.3 Å². The van der Waals surface area contributed by atoms with E-state index >= 15 is 0 Å². The molecule has 3 aliphatic rings. The lowest BCUT2D eigenvalue weighted by Gasteiger charge is -2.25. The summed E-state index contributed by atoms with van der Waals surface area (Å²) in [5.41, 5.74) is 1.51. The number of fused-ring (bicyclic) bond motifs is 1. The zero-order valence-corrected chi connectivity index (χ0v) is 15.7. The molecule has 0 radical (unpaired) electrons. The van der Waals surface area contributed by atoms with E-state index in [0.29, 0.717) is 63.1 Å². The molecule has 1 atom stereocenters. The van der Waals surface area contributed by atoms with Crippen LogP contribution in [0, 0.1) is 6.92 Å². The lowest BCUT2D eigenvalue weighted by Crippen LogP contribution is -2.41. The predicted octanol–water partition coefficient (Wildman–Crippen LogP) is 1.62. The van der Waals surface area contributed by atoms with Crippen LogP contribution in [0.1, 0.15) is 35.2 Å². The standard InChI is InChI=1S/C20H26N2O5/c1-14-12-17-18(27-11-10-26-17)13-15(14)19(23)21-5-3-6-22(8-7-21)20(24)16-4-2-9-25-16/h12-13,16H,2-11H2,1H3. The Labute approximate surface area is 159 Å². The third-order valence-electron chi connectivity index (χ3n) is 5.42. The van der Waals surface area contributed by atoms with Gasteiger partial charge in [0.15, 0.2) is 11.5 Å². The molecule has 2 amide bonds. The monoisotopic (exact) mass is 374 g/mol. The molecule has 1 aromatic rings. The largest absolute Gasteiger partial charge is 0.486 e. The molecular formula is C20H26N2O5. The summed E-state index contributed by atoms with van der Waals surface area (Å²) in [4.78, 5) is 29.4. The minimum absolute atomic E-state index is 0.0177. The van der Waals surface area contributed by atoms with Gasteiger partial charge in [-0.25, -0.2) is 0 Å². The van der Waals surface area contributed by atoms with Crippen LogP contribution >= 0.6 is 0 Å². The van der Waals surface area contributed by atoms with Crippen molar-refractivity contribution in [3.8, 4) is 11.5 Å². The van der Waals surface area contributed by atoms with Gasteiger partial charge in [0, 0.05) is 38.3 Å². The first-order chi connectivity index (χ1) is 13.1. The number of ether oxygens (including phenoxy) is 3. The molecule has 0 N–H and O–H groups in total. The van der Waals surface area contributed by atoms with Gasteiger partial charge in [0.05, 0.1) is 0 Å². The van der Waals surface area contributed by atoms with Crippen LogP contribution in [0.5, 0.6) is 11.5 Å². The number of carbonyl (C=O) groups is 2. The number of nitrogens with zero attached hydrogens (tertiary/aromatic N) is 2. The fourth-order valence-electron chi connectivity index (χ4n) is 3.91. The molecule has 3 aliphatic heterocycles. The van der Waals surface area contributed by atoms with Crippen LogP contribution in [0.15, 0.2) is 12.1 Å². The topological polar surface area (TPSA) is 68.3 Å². The van der Waals surface area contributed by atoms with E-state index in [1.807, 2.05) is 22.8 Å². The van der Waals surface area contributed by atoms with Crippen molar-refractivity contribution in [2.24, 2.45) is 0 Å². The average Bonchev–Trinajstić information content (AvgIpc) is 3.11. The zero-order chi connectivity index (χ0) is 18.8. The number of hydrogen-bond acceptors (Lipinski definition) is 5. The second kappa shape index (κ2) is 7.76. The molecule has 0 bridgehead atoms. The zero-order valence-electron chi connectivity index (χ0n) is 15.7. The van der Waals surface area contributed by atoms with Crippen molar-refractivity contribution in [3.05, 3.63) is 23.3 Å². The molecule has 2 saturated heterocycles. The van der Waals surface area contributed by atoms with E-state index in [-0.39, 0.29) is 17.9 Å². The van der Waals surface area contributed by atoms with Gasteiger partial charge in [0.2, 0.25) is 0 Å². The van der Waals surface area contributed by atoms with Gasteiger partial charge >= 0.3 is 0 Å². The fraction of sp³-hybridized carbons (Fsp3) is 0.600. The van der Waals surface area contributed by atoms with Crippen LogP contribution in [0.4, 0.5) is 0 Å². The van der Waals surface area contributed by atoms with Crippen LogP contribution in [0.2, 0.25) is 0 Å². The van der Waals surface area contributed by atoms with Crippen LogP contribution in [-0.2, 0) is 9.53 Å². The van der Waals surface area contributed by atoms with E-state index in [1.54, 1.807) is 6.07 Å². The molecule has 27 heavy (non-hydrogen) atoms. The van der Waals surface area contributed by atoms with Crippen molar-refractivity contribution < 1.29 is 23.8 Å². The van der Waals surface area contributed by atoms with Gasteiger partial charge in [-0.2, -0.15) is 0 Å². The second-order valence-corrected chi connectivity index (χ2v) is 7.28. The Bertz CT molecular complexity index is 729. The summed E-state index contributed by atoms with van der Waals surface area (Å²) in [6, 6.07) is 3.65. The highest BCUT2D eigenvalue weighted by Gasteiger charge is 2.30. The number of benzene rings is 1. The highest BCUT2D eigenvalue weighted by atomic mass is 16.6. The molecule has 0 aliphatic carbocycles. The van der Waals surface area contributed by atoms with Gasteiger partial charge in [-0.15, -0.1) is 0 Å². The second-order valence-electron chi connectivity index (χ2n) is 7.28. The molecule has 0 aromatic heterocycles. The van der Waals surface area contributed by atoms with Gasteiger partial charge in [-0.1, -0.05) is 0 Å². The summed E-state index contributed by atoms with van der Waals surface area (Å²) in [5.74, 6) is 1.37. The Kier molecular flexibility index (Phi) is 5.20. The first kappa shape index (κ1) is 18.1. The molecule has 7 nitrogen and oxygen atoms in total. The quantitative estimate of drug-likeness (QED) is 0.787. The predicted molar refractivity (Wildman–Crippen MR) is 98.2 cm³/mol. The third-order valence-corrected chi connectivity index (χ3v) is 5.42. The smallest absolute Gasteiger partial charge is 0.254 e. The third kappa shape index (κ3) is 3.74. The number of aryl methyl sites for hydroxylation is 1. The number of amides is 2. The number of hydrogen-bond donors (Lipinski definition) is 0. The molecule has 4 rings (SSSR count).